The summed E-state index contributed by atoms with van der Waals surface area (Å²) in [5, 5.41) is 12.9. The van der Waals surface area contributed by atoms with Gasteiger partial charge in [-0.1, -0.05) is 32.9 Å². The van der Waals surface area contributed by atoms with E-state index in [1.54, 1.807) is 13.8 Å². The zero-order valence-corrected chi connectivity index (χ0v) is 20.5. The van der Waals surface area contributed by atoms with Crippen LogP contribution in [0.15, 0.2) is 24.3 Å². The van der Waals surface area contributed by atoms with Gasteiger partial charge in [0.05, 0.1) is 5.56 Å². The third-order valence-electron chi connectivity index (χ3n) is 7.07. The molecule has 6 nitrogen and oxygen atoms in total. The molecule has 9 heteroatoms. The molecule has 2 aliphatic rings. The van der Waals surface area contributed by atoms with Crippen LogP contribution in [0.2, 0.25) is 0 Å². The van der Waals surface area contributed by atoms with Gasteiger partial charge in [-0.2, -0.15) is 13.2 Å². The minimum absolute atomic E-state index is 0.0391. The van der Waals surface area contributed by atoms with Gasteiger partial charge in [-0.05, 0) is 61.6 Å². The third kappa shape index (κ3) is 5.85. The lowest BCUT2D eigenvalue weighted by atomic mass is 9.84. The van der Waals surface area contributed by atoms with Gasteiger partial charge >= 0.3 is 12.3 Å². The molecule has 1 aliphatic carbocycles. The molecular weight excluding hydrogens is 447 g/mol. The van der Waals surface area contributed by atoms with E-state index in [1.807, 2.05) is 20.8 Å². The minimum atomic E-state index is -4.34. The van der Waals surface area contributed by atoms with Gasteiger partial charge in [0.15, 0.2) is 0 Å². The Morgan fingerprint density at radius 3 is 2.24 bits per heavy atom. The number of halogens is 3. The number of benzene rings is 1. The molecule has 2 fully saturated rings. The molecule has 34 heavy (non-hydrogen) atoms. The van der Waals surface area contributed by atoms with Crippen molar-refractivity contribution in [3.05, 3.63) is 35.4 Å². The first kappa shape index (κ1) is 26.3. The van der Waals surface area contributed by atoms with Crippen LogP contribution >= 0.6 is 0 Å². The van der Waals surface area contributed by atoms with E-state index in [-0.39, 0.29) is 23.9 Å². The van der Waals surface area contributed by atoms with Crippen LogP contribution in [0.5, 0.6) is 0 Å². The number of likely N-dealkylation sites (tertiary alicyclic amines) is 1. The lowest BCUT2D eigenvalue weighted by molar-refractivity contribution is -0.137. The Kier molecular flexibility index (Phi) is 7.55. The Morgan fingerprint density at radius 2 is 1.74 bits per heavy atom. The Labute approximate surface area is 199 Å². The molecule has 1 saturated carbocycles. The number of rotatable bonds is 6. The van der Waals surface area contributed by atoms with Crippen molar-refractivity contribution in [2.45, 2.75) is 78.3 Å². The van der Waals surface area contributed by atoms with Crippen LogP contribution in [0.25, 0.3) is 0 Å². The van der Waals surface area contributed by atoms with Gasteiger partial charge in [-0.3, -0.25) is 14.6 Å². The van der Waals surface area contributed by atoms with E-state index in [1.165, 1.54) is 17.0 Å². The van der Waals surface area contributed by atoms with Crippen molar-refractivity contribution in [2.75, 3.05) is 13.1 Å². The van der Waals surface area contributed by atoms with Crippen molar-refractivity contribution in [3.8, 4) is 0 Å². The first-order valence-electron chi connectivity index (χ1n) is 11.9. The number of amides is 2. The van der Waals surface area contributed by atoms with E-state index in [0.717, 1.165) is 43.6 Å². The molecule has 0 unspecified atom stereocenters. The number of nitrogens with one attached hydrogen (secondary N) is 1. The van der Waals surface area contributed by atoms with E-state index in [9.17, 15) is 27.9 Å². The van der Waals surface area contributed by atoms with Gasteiger partial charge in [0.1, 0.15) is 6.04 Å². The molecule has 0 bridgehead atoms. The Bertz CT molecular complexity index is 880. The normalized spacial score (nSPS) is 24.2. The minimum Gasteiger partial charge on any atom is -0.465 e. The number of hydrogen-bond acceptors (Lipinski definition) is 3. The number of nitrogens with zero attached hydrogens (tertiary/aromatic N) is 2. The maximum Gasteiger partial charge on any atom is 0.416 e. The Balaban J connectivity index is 1.65. The van der Waals surface area contributed by atoms with E-state index >= 15 is 0 Å². The van der Waals surface area contributed by atoms with Crippen LogP contribution in [0, 0.1) is 17.3 Å². The molecule has 1 aliphatic heterocycles. The lowest BCUT2D eigenvalue weighted by Crippen LogP contribution is -2.59. The standard InChI is InChI=1S/C25H36F3N3O3/c1-15(2)31(23(33)34)21(24(3,4)5)22(32)29-20-11-8-17-13-30(14-19(17)20)12-16-6-9-18(10-7-16)25(26,27)28/h6-7,9-10,15,17,19-21H,8,11-14H2,1-5H3,(H,29,32)(H,33,34)/t17-,19+,20+,21-/m1/s1. The Hall–Kier alpha value is -2.29. The first-order valence-corrected chi connectivity index (χ1v) is 11.9. The van der Waals surface area contributed by atoms with Crippen LogP contribution < -0.4 is 5.32 Å². The summed E-state index contributed by atoms with van der Waals surface area (Å²) in [6, 6.07) is 4.09. The molecule has 1 saturated heterocycles. The molecule has 2 N–H and O–H groups in total. The van der Waals surface area contributed by atoms with Gasteiger partial charge in [0, 0.05) is 31.7 Å². The lowest BCUT2D eigenvalue weighted by Gasteiger charge is -2.40. The molecule has 1 aromatic carbocycles. The highest BCUT2D eigenvalue weighted by Crippen LogP contribution is 2.39. The van der Waals surface area contributed by atoms with Crippen molar-refractivity contribution in [3.63, 3.8) is 0 Å². The van der Waals surface area contributed by atoms with Crippen molar-refractivity contribution in [1.29, 1.82) is 0 Å². The fourth-order valence-corrected chi connectivity index (χ4v) is 5.55. The van der Waals surface area contributed by atoms with Crippen molar-refractivity contribution >= 4 is 12.0 Å². The van der Waals surface area contributed by atoms with Gasteiger partial charge in [-0.25, -0.2) is 4.79 Å². The quantitative estimate of drug-likeness (QED) is 0.608. The second-order valence-electron chi connectivity index (χ2n) is 11.1. The fourth-order valence-electron chi connectivity index (χ4n) is 5.55. The molecule has 2 amide bonds. The van der Waals surface area contributed by atoms with Crippen LogP contribution in [0.3, 0.4) is 0 Å². The highest BCUT2D eigenvalue weighted by molar-refractivity contribution is 5.86. The average molecular weight is 484 g/mol. The Morgan fingerprint density at radius 1 is 1.12 bits per heavy atom. The summed E-state index contributed by atoms with van der Waals surface area (Å²) in [7, 11) is 0. The number of carboxylic acid groups (broad SMARTS) is 1. The molecule has 4 atom stereocenters. The molecular formula is C25H36F3N3O3. The van der Waals surface area contributed by atoms with Crippen molar-refractivity contribution < 1.29 is 27.9 Å². The summed E-state index contributed by atoms with van der Waals surface area (Å²) < 4.78 is 38.4. The van der Waals surface area contributed by atoms with Crippen LogP contribution in [-0.2, 0) is 17.5 Å². The highest BCUT2D eigenvalue weighted by atomic mass is 19.4. The zero-order chi connectivity index (χ0) is 25.4. The maximum absolute atomic E-state index is 13.3. The van der Waals surface area contributed by atoms with Gasteiger partial charge in [0.25, 0.3) is 0 Å². The maximum atomic E-state index is 13.3. The molecule has 1 heterocycles. The number of fused-ring (bicyclic) bond motifs is 1. The second kappa shape index (κ2) is 9.76. The van der Waals surface area contributed by atoms with E-state index in [4.69, 9.17) is 0 Å². The largest absolute Gasteiger partial charge is 0.465 e. The van der Waals surface area contributed by atoms with Crippen LogP contribution in [0.4, 0.5) is 18.0 Å². The molecule has 0 radical (unpaired) electrons. The summed E-state index contributed by atoms with van der Waals surface area (Å²) in [4.78, 5) is 28.7. The number of hydrogen-bond donors (Lipinski definition) is 2. The van der Waals surface area contributed by atoms with E-state index in [2.05, 4.69) is 10.2 Å². The predicted octanol–water partition coefficient (Wildman–Crippen LogP) is 4.84. The zero-order valence-electron chi connectivity index (χ0n) is 20.5. The average Bonchev–Trinajstić information content (AvgIpc) is 3.25. The summed E-state index contributed by atoms with van der Waals surface area (Å²) in [5.74, 6) is 0.389. The summed E-state index contributed by atoms with van der Waals surface area (Å²) in [6.45, 7) is 11.3. The summed E-state index contributed by atoms with van der Waals surface area (Å²) >= 11 is 0. The number of carbonyl (C=O) groups is 2. The van der Waals surface area contributed by atoms with Gasteiger partial charge in [0.2, 0.25) is 5.91 Å². The van der Waals surface area contributed by atoms with Gasteiger partial charge < -0.3 is 10.4 Å². The fraction of sp³-hybridized carbons (Fsp3) is 0.680. The molecule has 0 spiro atoms. The topological polar surface area (TPSA) is 72.9 Å². The van der Waals surface area contributed by atoms with E-state index in [0.29, 0.717) is 12.5 Å². The number of carbonyl (C=O) groups excluding carboxylic acids is 1. The van der Waals surface area contributed by atoms with E-state index < -0.39 is 29.3 Å². The predicted molar refractivity (Wildman–Crippen MR) is 123 cm³/mol. The molecule has 190 valence electrons. The number of alkyl halides is 3. The highest BCUT2D eigenvalue weighted by Gasteiger charge is 2.46. The SMILES string of the molecule is CC(C)N(C(=O)O)[C@H](C(=O)N[C@H]1CC[C@@H]2CN(Cc3ccc(C(F)(F)F)cc3)C[C@@H]21)C(C)(C)C. The van der Waals surface area contributed by atoms with Crippen LogP contribution in [-0.4, -0.2) is 58.1 Å². The molecule has 3 rings (SSSR count). The molecule has 1 aromatic rings. The summed E-state index contributed by atoms with van der Waals surface area (Å²) in [6.07, 6.45) is -3.64. The van der Waals surface area contributed by atoms with Crippen molar-refractivity contribution in [2.24, 2.45) is 17.3 Å². The smallest absolute Gasteiger partial charge is 0.416 e. The third-order valence-corrected chi connectivity index (χ3v) is 7.07. The second-order valence-corrected chi connectivity index (χ2v) is 11.1. The van der Waals surface area contributed by atoms with Crippen LogP contribution in [0.1, 0.15) is 58.6 Å². The molecule has 0 aromatic heterocycles. The summed E-state index contributed by atoms with van der Waals surface area (Å²) in [5.41, 5.74) is -0.396. The van der Waals surface area contributed by atoms with Gasteiger partial charge in [-0.15, -0.1) is 0 Å². The first-order chi connectivity index (χ1) is 15.7. The van der Waals surface area contributed by atoms with Crippen molar-refractivity contribution in [1.82, 2.24) is 15.1 Å². The monoisotopic (exact) mass is 483 g/mol.